The zero-order valence-electron chi connectivity index (χ0n) is 18.0. The first-order valence-corrected chi connectivity index (χ1v) is 12.9. The average molecular weight is 701 g/mol. The summed E-state index contributed by atoms with van der Waals surface area (Å²) in [6.07, 6.45) is 2.03. The van der Waals surface area contributed by atoms with Crippen molar-refractivity contribution in [3.05, 3.63) is 41.7 Å². The van der Waals surface area contributed by atoms with Crippen molar-refractivity contribution in [1.29, 1.82) is 0 Å². The molecular formula is C21H23Br4N3O4. The minimum absolute atomic E-state index is 0.116. The van der Waals surface area contributed by atoms with Crippen LogP contribution < -0.4 is 5.43 Å². The molecule has 1 aromatic rings. The van der Waals surface area contributed by atoms with E-state index in [0.717, 1.165) is 0 Å². The third-order valence-corrected chi connectivity index (χ3v) is 10.7. The molecule has 1 saturated heterocycles. The van der Waals surface area contributed by atoms with Crippen molar-refractivity contribution in [3.63, 3.8) is 0 Å². The van der Waals surface area contributed by atoms with Crippen LogP contribution in [-0.2, 0) is 4.79 Å². The number of hydrazine groups is 1. The van der Waals surface area contributed by atoms with Gasteiger partial charge in [0.15, 0.2) is 0 Å². The SMILES string of the molecule is C=CCN1C(C)(C)CC(O)(C(=O)NN2C(=O)c3c(Br)c(Br)c(Br)c(Br)c3C2=O)CC1(C)C. The number of nitrogens with one attached hydrogen (secondary N) is 1. The fourth-order valence-corrected chi connectivity index (χ4v) is 7.40. The predicted molar refractivity (Wildman–Crippen MR) is 135 cm³/mol. The number of benzene rings is 1. The molecular weight excluding hydrogens is 678 g/mol. The summed E-state index contributed by atoms with van der Waals surface area (Å²) in [7, 11) is 0. The van der Waals surface area contributed by atoms with Crippen molar-refractivity contribution in [1.82, 2.24) is 15.3 Å². The number of amides is 3. The maximum Gasteiger partial charge on any atom is 0.281 e. The Balaban J connectivity index is 1.93. The van der Waals surface area contributed by atoms with E-state index in [1.165, 1.54) is 0 Å². The highest BCUT2D eigenvalue weighted by Crippen LogP contribution is 2.46. The highest BCUT2D eigenvalue weighted by Gasteiger charge is 2.55. The molecule has 7 nitrogen and oxygen atoms in total. The van der Waals surface area contributed by atoms with Gasteiger partial charge in [-0.3, -0.25) is 24.7 Å². The summed E-state index contributed by atoms with van der Waals surface area (Å²) in [6, 6.07) is 0. The van der Waals surface area contributed by atoms with Gasteiger partial charge in [0.1, 0.15) is 5.60 Å². The van der Waals surface area contributed by atoms with Crippen molar-refractivity contribution < 1.29 is 19.5 Å². The van der Waals surface area contributed by atoms with E-state index in [1.807, 2.05) is 27.7 Å². The van der Waals surface area contributed by atoms with E-state index in [1.54, 1.807) is 6.08 Å². The van der Waals surface area contributed by atoms with Gasteiger partial charge in [0.25, 0.3) is 17.7 Å². The summed E-state index contributed by atoms with van der Waals surface area (Å²) >= 11 is 13.4. The molecule has 2 aliphatic rings. The zero-order valence-corrected chi connectivity index (χ0v) is 24.3. The fraction of sp³-hybridized carbons (Fsp3) is 0.476. The molecule has 0 bridgehead atoms. The molecule has 11 heteroatoms. The first-order valence-electron chi connectivity index (χ1n) is 9.76. The van der Waals surface area contributed by atoms with Crippen molar-refractivity contribution in [3.8, 4) is 0 Å². The summed E-state index contributed by atoms with van der Waals surface area (Å²) in [4.78, 5) is 41.6. The van der Waals surface area contributed by atoms with Gasteiger partial charge in [0, 0.05) is 48.4 Å². The number of hydrogen-bond acceptors (Lipinski definition) is 5. The number of aliphatic hydroxyl groups is 1. The lowest BCUT2D eigenvalue weighted by atomic mass is 9.70. The monoisotopic (exact) mass is 697 g/mol. The van der Waals surface area contributed by atoms with E-state index in [9.17, 15) is 19.5 Å². The van der Waals surface area contributed by atoms with Gasteiger partial charge in [0.2, 0.25) is 0 Å². The molecule has 2 aliphatic heterocycles. The molecule has 0 unspecified atom stereocenters. The topological polar surface area (TPSA) is 89.9 Å². The number of likely N-dealkylation sites (tertiary alicyclic amines) is 1. The molecule has 0 radical (unpaired) electrons. The number of halogens is 4. The van der Waals surface area contributed by atoms with Gasteiger partial charge in [-0.15, -0.1) is 6.58 Å². The van der Waals surface area contributed by atoms with E-state index < -0.39 is 34.4 Å². The second kappa shape index (κ2) is 8.57. The highest BCUT2D eigenvalue weighted by atomic mass is 79.9. The number of carbonyl (C=O) groups is 3. The Kier molecular flexibility index (Phi) is 6.97. The number of imide groups is 1. The fourth-order valence-electron chi connectivity index (χ4n) is 4.94. The van der Waals surface area contributed by atoms with Gasteiger partial charge in [-0.05, 0) is 91.4 Å². The number of fused-ring (bicyclic) bond motifs is 1. The Bertz CT molecular complexity index is 989. The van der Waals surface area contributed by atoms with Crippen LogP contribution in [0.25, 0.3) is 0 Å². The largest absolute Gasteiger partial charge is 0.380 e. The van der Waals surface area contributed by atoms with E-state index in [0.29, 0.717) is 29.4 Å². The van der Waals surface area contributed by atoms with Crippen LogP contribution in [0.2, 0.25) is 0 Å². The molecule has 2 heterocycles. The summed E-state index contributed by atoms with van der Waals surface area (Å²) in [5.41, 5.74) is -0.235. The van der Waals surface area contributed by atoms with Crippen LogP contribution in [-0.4, -0.2) is 56.0 Å². The number of carbonyl (C=O) groups excluding carboxylic acids is 3. The van der Waals surface area contributed by atoms with Crippen molar-refractivity contribution in [2.75, 3.05) is 6.54 Å². The molecule has 0 aromatic heterocycles. The van der Waals surface area contributed by atoms with Crippen LogP contribution in [0.15, 0.2) is 30.5 Å². The lowest BCUT2D eigenvalue weighted by Gasteiger charge is -2.57. The molecule has 0 saturated carbocycles. The lowest BCUT2D eigenvalue weighted by Crippen LogP contribution is -2.69. The molecule has 174 valence electrons. The molecule has 3 rings (SSSR count). The molecule has 0 spiro atoms. The molecule has 32 heavy (non-hydrogen) atoms. The molecule has 2 N–H and O–H groups in total. The van der Waals surface area contributed by atoms with Crippen LogP contribution in [0.3, 0.4) is 0 Å². The first kappa shape index (κ1) is 26.0. The normalized spacial score (nSPS) is 21.5. The minimum Gasteiger partial charge on any atom is -0.380 e. The highest BCUT2D eigenvalue weighted by molar-refractivity contribution is 9.15. The molecule has 0 atom stereocenters. The maximum absolute atomic E-state index is 13.3. The van der Waals surface area contributed by atoms with Gasteiger partial charge in [-0.25, -0.2) is 0 Å². The maximum atomic E-state index is 13.3. The molecule has 1 fully saturated rings. The van der Waals surface area contributed by atoms with Crippen LogP contribution in [0.5, 0.6) is 0 Å². The quantitative estimate of drug-likeness (QED) is 0.201. The zero-order chi connectivity index (χ0) is 24.4. The van der Waals surface area contributed by atoms with Crippen LogP contribution in [0.1, 0.15) is 61.3 Å². The van der Waals surface area contributed by atoms with Crippen molar-refractivity contribution in [2.24, 2.45) is 0 Å². The predicted octanol–water partition coefficient (Wildman–Crippen LogP) is 4.93. The van der Waals surface area contributed by atoms with Gasteiger partial charge < -0.3 is 5.11 Å². The Morgan fingerprint density at radius 2 is 1.38 bits per heavy atom. The summed E-state index contributed by atoms with van der Waals surface area (Å²) in [5, 5.41) is 12.1. The number of piperidine rings is 1. The van der Waals surface area contributed by atoms with Crippen molar-refractivity contribution >= 4 is 81.4 Å². The summed E-state index contributed by atoms with van der Waals surface area (Å²) in [5.74, 6) is -2.17. The van der Waals surface area contributed by atoms with Gasteiger partial charge in [-0.2, -0.15) is 5.01 Å². The lowest BCUT2D eigenvalue weighted by molar-refractivity contribution is -0.167. The van der Waals surface area contributed by atoms with Crippen LogP contribution in [0, 0.1) is 0 Å². The van der Waals surface area contributed by atoms with E-state index in [-0.39, 0.29) is 24.0 Å². The van der Waals surface area contributed by atoms with Crippen LogP contribution >= 0.6 is 63.7 Å². The second-order valence-corrected chi connectivity index (χ2v) is 12.5. The Morgan fingerprint density at radius 1 is 0.969 bits per heavy atom. The first-order chi connectivity index (χ1) is 14.6. The smallest absolute Gasteiger partial charge is 0.281 e. The van der Waals surface area contributed by atoms with Crippen molar-refractivity contribution in [2.45, 2.75) is 57.2 Å². The molecule has 0 aliphatic carbocycles. The second-order valence-electron chi connectivity index (χ2n) is 9.30. The van der Waals surface area contributed by atoms with Gasteiger partial charge in [0.05, 0.1) is 11.1 Å². The number of nitrogens with zero attached hydrogens (tertiary/aromatic N) is 2. The standard InChI is InChI=1S/C21H23Br4N3O4/c1-6-7-27-19(2,3)8-21(32,9-20(27,4)5)18(31)26-28-16(29)10-11(17(28)30)13(23)15(25)14(24)12(10)22/h6,32H,1,7-9H2,2-5H3,(H,26,31). The Labute approximate surface area is 220 Å². The third-order valence-electron chi connectivity index (χ3n) is 5.96. The van der Waals surface area contributed by atoms with Gasteiger partial charge in [-0.1, -0.05) is 6.08 Å². The Hall–Kier alpha value is -0.590. The molecule has 3 amide bonds. The number of hydrogen-bond donors (Lipinski definition) is 2. The Morgan fingerprint density at radius 3 is 1.75 bits per heavy atom. The summed E-state index contributed by atoms with van der Waals surface area (Å²) < 4.78 is 1.87. The summed E-state index contributed by atoms with van der Waals surface area (Å²) in [6.45, 7) is 12.2. The third kappa shape index (κ3) is 4.07. The van der Waals surface area contributed by atoms with Gasteiger partial charge >= 0.3 is 0 Å². The minimum atomic E-state index is -1.78. The molecule has 1 aromatic carbocycles. The van der Waals surface area contributed by atoms with E-state index in [2.05, 4.69) is 80.6 Å². The number of rotatable bonds is 4. The van der Waals surface area contributed by atoms with Crippen LogP contribution in [0.4, 0.5) is 0 Å². The van der Waals surface area contributed by atoms with E-state index in [4.69, 9.17) is 0 Å². The average Bonchev–Trinajstić information content (AvgIpc) is 2.91. The van der Waals surface area contributed by atoms with E-state index >= 15 is 0 Å².